The molecule has 1 saturated heterocycles. The van der Waals surface area contributed by atoms with Gasteiger partial charge in [-0.15, -0.1) is 0 Å². The number of nitriles is 1. The van der Waals surface area contributed by atoms with E-state index in [-0.39, 0.29) is 6.54 Å². The van der Waals surface area contributed by atoms with E-state index in [1.807, 2.05) is 18.1 Å². The largest absolute Gasteiger partial charge is 0.352 e. The highest BCUT2D eigenvalue weighted by atomic mass is 19.1. The number of anilines is 3. The van der Waals surface area contributed by atoms with E-state index < -0.39 is 6.17 Å². The molecule has 1 atom stereocenters. The fourth-order valence-electron chi connectivity index (χ4n) is 3.04. The van der Waals surface area contributed by atoms with Gasteiger partial charge >= 0.3 is 0 Å². The van der Waals surface area contributed by atoms with Crippen molar-refractivity contribution < 1.29 is 4.39 Å². The van der Waals surface area contributed by atoms with Gasteiger partial charge in [0.2, 0.25) is 5.95 Å². The van der Waals surface area contributed by atoms with Gasteiger partial charge in [-0.05, 0) is 18.6 Å². The Labute approximate surface area is 155 Å². The first-order valence-corrected chi connectivity index (χ1v) is 8.50. The van der Waals surface area contributed by atoms with Crippen molar-refractivity contribution in [3.05, 3.63) is 42.5 Å². The molecular formula is C18H17FN8. The first-order chi connectivity index (χ1) is 13.1. The third-order valence-corrected chi connectivity index (χ3v) is 4.33. The zero-order valence-electron chi connectivity index (χ0n) is 14.7. The van der Waals surface area contributed by atoms with Crippen LogP contribution in [0.1, 0.15) is 12.0 Å². The molecule has 0 bridgehead atoms. The predicted octanol–water partition coefficient (Wildman–Crippen LogP) is 2.44. The number of hydrogen-bond acceptors (Lipinski definition) is 7. The van der Waals surface area contributed by atoms with Crippen LogP contribution in [0.4, 0.5) is 21.8 Å². The van der Waals surface area contributed by atoms with Gasteiger partial charge in [-0.1, -0.05) is 0 Å². The maximum atomic E-state index is 13.5. The number of aromatic nitrogens is 5. The minimum atomic E-state index is -0.874. The molecule has 4 heterocycles. The molecule has 8 nitrogen and oxygen atoms in total. The Morgan fingerprint density at radius 3 is 2.93 bits per heavy atom. The van der Waals surface area contributed by atoms with Crippen molar-refractivity contribution in [1.29, 1.82) is 5.26 Å². The maximum Gasteiger partial charge on any atom is 0.227 e. The van der Waals surface area contributed by atoms with Crippen LogP contribution in [0.15, 0.2) is 36.9 Å². The summed E-state index contributed by atoms with van der Waals surface area (Å²) in [6, 6.07) is 5.63. The zero-order chi connectivity index (χ0) is 18.8. The quantitative estimate of drug-likeness (QED) is 0.759. The molecule has 0 aromatic carbocycles. The zero-order valence-corrected chi connectivity index (χ0v) is 14.7. The number of nitrogens with one attached hydrogen (secondary N) is 1. The Morgan fingerprint density at radius 2 is 2.22 bits per heavy atom. The fraction of sp³-hybridized carbons (Fsp3) is 0.278. The molecule has 0 spiro atoms. The van der Waals surface area contributed by atoms with Crippen molar-refractivity contribution in [2.45, 2.75) is 12.6 Å². The van der Waals surface area contributed by atoms with Crippen molar-refractivity contribution in [2.75, 3.05) is 23.3 Å². The normalized spacial score (nSPS) is 16.3. The summed E-state index contributed by atoms with van der Waals surface area (Å²) in [6.45, 7) is 0.836. The summed E-state index contributed by atoms with van der Waals surface area (Å²) >= 11 is 0. The van der Waals surface area contributed by atoms with E-state index >= 15 is 0 Å². The molecule has 27 heavy (non-hydrogen) atoms. The van der Waals surface area contributed by atoms with Crippen LogP contribution in [-0.2, 0) is 7.05 Å². The van der Waals surface area contributed by atoms with Crippen molar-refractivity contribution in [2.24, 2.45) is 7.05 Å². The second-order valence-electron chi connectivity index (χ2n) is 6.33. The van der Waals surface area contributed by atoms with Gasteiger partial charge in [0.15, 0.2) is 0 Å². The van der Waals surface area contributed by atoms with Gasteiger partial charge in [0.05, 0.1) is 29.7 Å². The second-order valence-corrected chi connectivity index (χ2v) is 6.33. The van der Waals surface area contributed by atoms with E-state index in [2.05, 4.69) is 31.4 Å². The van der Waals surface area contributed by atoms with Crippen LogP contribution < -0.4 is 10.2 Å². The monoisotopic (exact) mass is 364 g/mol. The highest BCUT2D eigenvalue weighted by molar-refractivity contribution is 5.67. The first kappa shape index (κ1) is 16.9. The molecule has 0 saturated carbocycles. The third-order valence-electron chi connectivity index (χ3n) is 4.33. The van der Waals surface area contributed by atoms with Crippen molar-refractivity contribution in [1.82, 2.24) is 24.7 Å². The standard InChI is InChI=1S/C18H17FN8/c1-26-11-15(9-23-26)24-18-21-4-2-16(25-18)13-6-12(7-20)17(22-8-13)27-5-3-14(19)10-27/h2,4,6,8-9,11,14H,3,5,10H2,1H3,(H,21,24,25). The Balaban J connectivity index is 1.61. The van der Waals surface area contributed by atoms with Crippen molar-refractivity contribution in [3.8, 4) is 17.3 Å². The molecular weight excluding hydrogens is 347 g/mol. The molecule has 0 radical (unpaired) electrons. The summed E-state index contributed by atoms with van der Waals surface area (Å²) in [6.07, 6.45) is 6.36. The van der Waals surface area contributed by atoms with Crippen molar-refractivity contribution in [3.63, 3.8) is 0 Å². The van der Waals surface area contributed by atoms with E-state index in [4.69, 9.17) is 0 Å². The van der Waals surface area contributed by atoms with Crippen LogP contribution in [0.5, 0.6) is 0 Å². The van der Waals surface area contributed by atoms with Gasteiger partial charge in [-0.25, -0.2) is 19.3 Å². The molecule has 1 aliphatic rings. The average Bonchev–Trinajstić information content (AvgIpc) is 3.29. The van der Waals surface area contributed by atoms with Crippen LogP contribution in [0.25, 0.3) is 11.3 Å². The van der Waals surface area contributed by atoms with Gasteiger partial charge < -0.3 is 10.2 Å². The molecule has 1 unspecified atom stereocenters. The lowest BCUT2D eigenvalue weighted by atomic mass is 10.1. The Hall–Kier alpha value is -3.54. The van der Waals surface area contributed by atoms with Crippen LogP contribution >= 0.6 is 0 Å². The van der Waals surface area contributed by atoms with Crippen LogP contribution in [0.2, 0.25) is 0 Å². The van der Waals surface area contributed by atoms with E-state index in [0.29, 0.717) is 41.6 Å². The molecule has 0 amide bonds. The second kappa shape index (κ2) is 6.99. The number of hydrogen-bond donors (Lipinski definition) is 1. The maximum absolute atomic E-state index is 13.5. The van der Waals surface area contributed by atoms with E-state index in [0.717, 1.165) is 5.69 Å². The number of pyridine rings is 1. The summed E-state index contributed by atoms with van der Waals surface area (Å²) < 4.78 is 15.2. The average molecular weight is 364 g/mol. The molecule has 1 aliphatic heterocycles. The number of rotatable bonds is 4. The van der Waals surface area contributed by atoms with Crippen LogP contribution in [0.3, 0.4) is 0 Å². The van der Waals surface area contributed by atoms with Crippen molar-refractivity contribution >= 4 is 17.5 Å². The highest BCUT2D eigenvalue weighted by Crippen LogP contribution is 2.27. The Morgan fingerprint density at radius 1 is 1.33 bits per heavy atom. The number of alkyl halides is 1. The summed E-state index contributed by atoms with van der Waals surface area (Å²) in [5, 5.41) is 16.7. The van der Waals surface area contributed by atoms with Gasteiger partial charge in [0, 0.05) is 37.7 Å². The predicted molar refractivity (Wildman–Crippen MR) is 98.2 cm³/mol. The Bertz CT molecular complexity index is 1010. The SMILES string of the molecule is Cn1cc(Nc2nccc(-c3cnc(N4CCC(F)C4)c(C#N)c3)n2)cn1. The smallest absolute Gasteiger partial charge is 0.227 e. The van der Waals surface area contributed by atoms with Gasteiger partial charge in [-0.2, -0.15) is 10.4 Å². The summed E-state index contributed by atoms with van der Waals surface area (Å²) in [5.74, 6) is 0.937. The minimum absolute atomic E-state index is 0.272. The fourth-order valence-corrected chi connectivity index (χ4v) is 3.04. The number of halogens is 1. The molecule has 1 fully saturated rings. The van der Waals surface area contributed by atoms with Gasteiger partial charge in [0.25, 0.3) is 0 Å². The lowest BCUT2D eigenvalue weighted by Gasteiger charge is -2.18. The molecule has 0 aliphatic carbocycles. The van der Waals surface area contributed by atoms with E-state index in [9.17, 15) is 9.65 Å². The van der Waals surface area contributed by atoms with Gasteiger partial charge in [-0.3, -0.25) is 4.68 Å². The lowest BCUT2D eigenvalue weighted by Crippen LogP contribution is -2.22. The Kier molecular flexibility index (Phi) is 4.38. The van der Waals surface area contributed by atoms with E-state index in [1.165, 1.54) is 0 Å². The molecule has 136 valence electrons. The molecule has 3 aromatic heterocycles. The highest BCUT2D eigenvalue weighted by Gasteiger charge is 2.25. The van der Waals surface area contributed by atoms with Crippen LogP contribution in [-0.4, -0.2) is 44.0 Å². The minimum Gasteiger partial charge on any atom is -0.352 e. The number of nitrogens with zero attached hydrogens (tertiary/aromatic N) is 7. The lowest BCUT2D eigenvalue weighted by molar-refractivity contribution is 0.364. The molecule has 4 rings (SSSR count). The number of aryl methyl sites for hydroxylation is 1. The van der Waals surface area contributed by atoms with Gasteiger partial charge in [0.1, 0.15) is 18.1 Å². The molecule has 3 aromatic rings. The third kappa shape index (κ3) is 3.55. The topological polar surface area (TPSA) is 95.6 Å². The van der Waals surface area contributed by atoms with E-state index in [1.54, 1.807) is 35.4 Å². The summed E-state index contributed by atoms with van der Waals surface area (Å²) in [5.41, 5.74) is 2.51. The molecule has 1 N–H and O–H groups in total. The summed E-state index contributed by atoms with van der Waals surface area (Å²) in [4.78, 5) is 14.9. The van der Waals surface area contributed by atoms with Crippen LogP contribution in [0, 0.1) is 11.3 Å². The molecule has 9 heteroatoms. The summed E-state index contributed by atoms with van der Waals surface area (Å²) in [7, 11) is 1.82. The first-order valence-electron chi connectivity index (χ1n) is 8.50.